The molecule has 1 aliphatic rings. The molecule has 6 heteroatoms. The summed E-state index contributed by atoms with van der Waals surface area (Å²) in [7, 11) is 0. The molecule has 1 aromatic carbocycles. The topological polar surface area (TPSA) is 65.0 Å². The standard InChI is InChI=1S/C19H28N4O2/c1-5-22(6-2)12-11-20-19(25)16-9-10-18(24)23(21-16)17-13-14(3)7-8-15(17)4/h7-8,13H,5-6,9-12H2,1-4H3,(H,20,25). The van der Waals surface area contributed by atoms with Crippen molar-refractivity contribution in [1.82, 2.24) is 10.2 Å². The van der Waals surface area contributed by atoms with E-state index in [-0.39, 0.29) is 11.8 Å². The van der Waals surface area contributed by atoms with Gasteiger partial charge in [-0.3, -0.25) is 9.59 Å². The van der Waals surface area contributed by atoms with E-state index in [1.54, 1.807) is 0 Å². The Kier molecular flexibility index (Phi) is 6.70. The molecule has 0 saturated carbocycles. The average Bonchev–Trinajstić information content (AvgIpc) is 2.61. The first-order valence-electron chi connectivity index (χ1n) is 8.94. The van der Waals surface area contributed by atoms with Crippen LogP contribution >= 0.6 is 0 Å². The molecule has 2 amide bonds. The van der Waals surface area contributed by atoms with Gasteiger partial charge in [0.25, 0.3) is 5.91 Å². The van der Waals surface area contributed by atoms with E-state index in [1.165, 1.54) is 5.01 Å². The number of nitrogens with zero attached hydrogens (tertiary/aromatic N) is 3. The Morgan fingerprint density at radius 2 is 1.96 bits per heavy atom. The summed E-state index contributed by atoms with van der Waals surface area (Å²) in [6.45, 7) is 11.4. The van der Waals surface area contributed by atoms with Gasteiger partial charge in [-0.25, -0.2) is 5.01 Å². The van der Waals surface area contributed by atoms with Crippen LogP contribution in [0.5, 0.6) is 0 Å². The zero-order valence-corrected chi connectivity index (χ0v) is 15.6. The quantitative estimate of drug-likeness (QED) is 0.825. The summed E-state index contributed by atoms with van der Waals surface area (Å²) in [4.78, 5) is 26.9. The number of carbonyl (C=O) groups excluding carboxylic acids is 2. The maximum Gasteiger partial charge on any atom is 0.267 e. The maximum atomic E-state index is 12.4. The molecule has 0 saturated heterocycles. The zero-order valence-electron chi connectivity index (χ0n) is 15.6. The normalized spacial score (nSPS) is 14.7. The van der Waals surface area contributed by atoms with Gasteiger partial charge in [-0.15, -0.1) is 0 Å². The molecule has 6 nitrogen and oxygen atoms in total. The first kappa shape index (κ1) is 19.1. The van der Waals surface area contributed by atoms with Crippen molar-refractivity contribution in [1.29, 1.82) is 0 Å². The van der Waals surface area contributed by atoms with E-state index in [2.05, 4.69) is 29.2 Å². The Labute approximate surface area is 149 Å². The van der Waals surface area contributed by atoms with Crippen LogP contribution < -0.4 is 10.3 Å². The minimum absolute atomic E-state index is 0.0756. The lowest BCUT2D eigenvalue weighted by Crippen LogP contribution is -2.41. The number of aryl methyl sites for hydroxylation is 2. The summed E-state index contributed by atoms with van der Waals surface area (Å²) in [5, 5.41) is 8.64. The third kappa shape index (κ3) is 4.89. The lowest BCUT2D eigenvalue weighted by molar-refractivity contribution is -0.119. The summed E-state index contributed by atoms with van der Waals surface area (Å²) in [5.41, 5.74) is 3.18. The predicted octanol–water partition coefficient (Wildman–Crippen LogP) is 2.24. The van der Waals surface area contributed by atoms with Crippen LogP contribution in [0.2, 0.25) is 0 Å². The highest BCUT2D eigenvalue weighted by Gasteiger charge is 2.26. The first-order chi connectivity index (χ1) is 12.0. The second-order valence-electron chi connectivity index (χ2n) is 6.32. The second-order valence-corrected chi connectivity index (χ2v) is 6.32. The Hall–Kier alpha value is -2.21. The third-order valence-corrected chi connectivity index (χ3v) is 4.50. The molecule has 0 fully saturated rings. The highest BCUT2D eigenvalue weighted by atomic mass is 16.2. The first-order valence-corrected chi connectivity index (χ1v) is 8.94. The van der Waals surface area contributed by atoms with E-state index in [0.717, 1.165) is 36.4 Å². The van der Waals surface area contributed by atoms with Gasteiger partial charge < -0.3 is 10.2 Å². The fourth-order valence-electron chi connectivity index (χ4n) is 2.82. The lowest BCUT2D eigenvalue weighted by Gasteiger charge is -2.25. The number of anilines is 1. The highest BCUT2D eigenvalue weighted by Crippen LogP contribution is 2.25. The fourth-order valence-corrected chi connectivity index (χ4v) is 2.82. The lowest BCUT2D eigenvalue weighted by atomic mass is 10.1. The molecule has 2 rings (SSSR count). The Morgan fingerprint density at radius 3 is 2.64 bits per heavy atom. The molecule has 0 bridgehead atoms. The molecule has 0 aromatic heterocycles. The van der Waals surface area contributed by atoms with E-state index in [1.807, 2.05) is 32.0 Å². The van der Waals surface area contributed by atoms with Crippen LogP contribution in [0.1, 0.15) is 37.8 Å². The van der Waals surface area contributed by atoms with E-state index in [9.17, 15) is 9.59 Å². The molecule has 0 unspecified atom stereocenters. The van der Waals surface area contributed by atoms with Gasteiger partial charge in [0.05, 0.1) is 5.69 Å². The van der Waals surface area contributed by atoms with Crippen molar-refractivity contribution in [2.45, 2.75) is 40.5 Å². The number of amides is 2. The number of hydrogen-bond donors (Lipinski definition) is 1. The van der Waals surface area contributed by atoms with Crippen molar-refractivity contribution in [3.05, 3.63) is 29.3 Å². The Balaban J connectivity index is 2.09. The molecular formula is C19H28N4O2. The van der Waals surface area contributed by atoms with Gasteiger partial charge in [-0.05, 0) is 44.1 Å². The molecule has 0 spiro atoms. The Bertz CT molecular complexity index is 665. The SMILES string of the molecule is CCN(CC)CCNC(=O)C1=NN(c2cc(C)ccc2C)C(=O)CC1. The van der Waals surface area contributed by atoms with Crippen LogP contribution in [0, 0.1) is 13.8 Å². The third-order valence-electron chi connectivity index (χ3n) is 4.50. The molecule has 1 heterocycles. The number of hydrogen-bond acceptors (Lipinski definition) is 4. The minimum Gasteiger partial charge on any atom is -0.350 e. The summed E-state index contributed by atoms with van der Waals surface area (Å²) >= 11 is 0. The molecule has 1 aromatic rings. The molecule has 1 aliphatic heterocycles. The number of carbonyl (C=O) groups is 2. The number of likely N-dealkylation sites (N-methyl/N-ethyl adjacent to an activating group) is 1. The van der Waals surface area contributed by atoms with E-state index < -0.39 is 0 Å². The molecule has 0 atom stereocenters. The van der Waals surface area contributed by atoms with E-state index >= 15 is 0 Å². The Morgan fingerprint density at radius 1 is 1.24 bits per heavy atom. The second kappa shape index (κ2) is 8.76. The minimum atomic E-state index is -0.185. The monoisotopic (exact) mass is 344 g/mol. The van der Waals surface area contributed by atoms with Crippen LogP contribution in [0.15, 0.2) is 23.3 Å². The number of rotatable bonds is 7. The van der Waals surface area contributed by atoms with Crippen LogP contribution in [0.3, 0.4) is 0 Å². The van der Waals surface area contributed by atoms with Gasteiger partial charge >= 0.3 is 0 Å². The molecule has 136 valence electrons. The van der Waals surface area contributed by atoms with Crippen LogP contribution in [0.25, 0.3) is 0 Å². The van der Waals surface area contributed by atoms with Crippen molar-refractivity contribution >= 4 is 23.2 Å². The smallest absolute Gasteiger partial charge is 0.267 e. The number of benzene rings is 1. The predicted molar refractivity (Wildman–Crippen MR) is 101 cm³/mol. The molecule has 1 N–H and O–H groups in total. The molecule has 0 aliphatic carbocycles. The summed E-state index contributed by atoms with van der Waals surface area (Å²) < 4.78 is 0. The maximum absolute atomic E-state index is 12.4. The van der Waals surface area contributed by atoms with Gasteiger partial charge in [0, 0.05) is 25.9 Å². The largest absolute Gasteiger partial charge is 0.350 e. The van der Waals surface area contributed by atoms with Crippen molar-refractivity contribution in [2.75, 3.05) is 31.2 Å². The number of hydrazone groups is 1. The summed E-state index contributed by atoms with van der Waals surface area (Å²) in [5.74, 6) is -0.261. The zero-order chi connectivity index (χ0) is 18.4. The average molecular weight is 344 g/mol. The molecule has 25 heavy (non-hydrogen) atoms. The highest BCUT2D eigenvalue weighted by molar-refractivity contribution is 6.40. The van der Waals surface area contributed by atoms with E-state index in [0.29, 0.717) is 25.1 Å². The summed E-state index contributed by atoms with van der Waals surface area (Å²) in [6, 6.07) is 5.89. The fraction of sp³-hybridized carbons (Fsp3) is 0.526. The molecular weight excluding hydrogens is 316 g/mol. The van der Waals surface area contributed by atoms with Gasteiger partial charge in [0.1, 0.15) is 5.71 Å². The van der Waals surface area contributed by atoms with Gasteiger partial charge in [0.2, 0.25) is 5.91 Å². The van der Waals surface area contributed by atoms with E-state index in [4.69, 9.17) is 0 Å². The number of nitrogens with one attached hydrogen (secondary N) is 1. The van der Waals surface area contributed by atoms with Gasteiger partial charge in [0.15, 0.2) is 0 Å². The summed E-state index contributed by atoms with van der Waals surface area (Å²) in [6.07, 6.45) is 0.687. The van der Waals surface area contributed by atoms with Gasteiger partial charge in [-0.2, -0.15) is 5.10 Å². The van der Waals surface area contributed by atoms with Crippen molar-refractivity contribution in [2.24, 2.45) is 5.10 Å². The van der Waals surface area contributed by atoms with Crippen LogP contribution in [-0.2, 0) is 9.59 Å². The van der Waals surface area contributed by atoms with Crippen molar-refractivity contribution in [3.63, 3.8) is 0 Å². The molecule has 0 radical (unpaired) electrons. The van der Waals surface area contributed by atoms with Crippen LogP contribution in [0.4, 0.5) is 5.69 Å². The van der Waals surface area contributed by atoms with Crippen molar-refractivity contribution in [3.8, 4) is 0 Å². The van der Waals surface area contributed by atoms with Crippen LogP contribution in [-0.4, -0.2) is 48.6 Å². The van der Waals surface area contributed by atoms with Crippen molar-refractivity contribution < 1.29 is 9.59 Å². The van der Waals surface area contributed by atoms with Gasteiger partial charge in [-0.1, -0.05) is 26.0 Å².